The van der Waals surface area contributed by atoms with Crippen LogP contribution in [-0.2, 0) is 6.42 Å². The highest BCUT2D eigenvalue weighted by Crippen LogP contribution is 2.36. The van der Waals surface area contributed by atoms with Crippen molar-refractivity contribution in [2.24, 2.45) is 5.41 Å². The maximum absolute atomic E-state index is 13.2. The van der Waals surface area contributed by atoms with E-state index in [9.17, 15) is 4.39 Å². The fourth-order valence-corrected chi connectivity index (χ4v) is 3.25. The van der Waals surface area contributed by atoms with Gasteiger partial charge in [-0.2, -0.15) is 0 Å². The highest BCUT2D eigenvalue weighted by Gasteiger charge is 2.32. The first-order valence-corrected chi connectivity index (χ1v) is 7.72. The molecule has 2 rings (SSSR count). The summed E-state index contributed by atoms with van der Waals surface area (Å²) in [6, 6.07) is 4.84. The van der Waals surface area contributed by atoms with Crippen LogP contribution in [0.2, 0.25) is 0 Å². The quantitative estimate of drug-likeness (QED) is 0.816. The van der Waals surface area contributed by atoms with Crippen molar-refractivity contribution >= 4 is 0 Å². The van der Waals surface area contributed by atoms with Crippen LogP contribution >= 0.6 is 0 Å². The highest BCUT2D eigenvalue weighted by atomic mass is 19.1. The lowest BCUT2D eigenvalue weighted by Gasteiger charge is -2.32. The van der Waals surface area contributed by atoms with Gasteiger partial charge in [-0.3, -0.25) is 0 Å². The summed E-state index contributed by atoms with van der Waals surface area (Å²) < 4.78 is 19.2. The van der Waals surface area contributed by atoms with E-state index in [-0.39, 0.29) is 17.3 Å². The highest BCUT2D eigenvalue weighted by molar-refractivity contribution is 5.37. The van der Waals surface area contributed by atoms with Crippen molar-refractivity contribution in [3.63, 3.8) is 0 Å². The first-order valence-electron chi connectivity index (χ1n) is 7.72. The summed E-state index contributed by atoms with van der Waals surface area (Å²) in [6.45, 7) is 8.70. The molecule has 1 heterocycles. The minimum Gasteiger partial charge on any atom is -0.490 e. The summed E-state index contributed by atoms with van der Waals surface area (Å²) in [7, 11) is 0. The Bertz CT molecular complexity index is 449. The van der Waals surface area contributed by atoms with Gasteiger partial charge in [0.05, 0.1) is 0 Å². The number of hydrogen-bond acceptors (Lipinski definition) is 2. The molecule has 0 bridgehead atoms. The number of benzene rings is 1. The molecule has 0 saturated carbocycles. The molecule has 0 saturated heterocycles. The molecule has 112 valence electrons. The van der Waals surface area contributed by atoms with Crippen LogP contribution in [0.1, 0.15) is 45.6 Å². The van der Waals surface area contributed by atoms with Crippen molar-refractivity contribution in [1.29, 1.82) is 0 Å². The topological polar surface area (TPSA) is 21.3 Å². The molecule has 1 aromatic carbocycles. The Balaban J connectivity index is 1.99. The van der Waals surface area contributed by atoms with E-state index in [0.717, 1.165) is 37.2 Å². The van der Waals surface area contributed by atoms with Gasteiger partial charge in [-0.05, 0) is 43.0 Å². The third-order valence-electron chi connectivity index (χ3n) is 4.14. The van der Waals surface area contributed by atoms with E-state index in [1.54, 1.807) is 12.1 Å². The van der Waals surface area contributed by atoms with Crippen LogP contribution in [0.5, 0.6) is 5.75 Å². The molecular weight excluding hydrogens is 253 g/mol. The Kier molecular flexibility index (Phi) is 5.03. The summed E-state index contributed by atoms with van der Waals surface area (Å²) in [5.41, 5.74) is 1.26. The second-order valence-electron chi connectivity index (χ2n) is 6.24. The van der Waals surface area contributed by atoms with Crippen LogP contribution in [0.3, 0.4) is 0 Å². The van der Waals surface area contributed by atoms with Gasteiger partial charge in [-0.1, -0.05) is 27.2 Å². The Morgan fingerprint density at radius 3 is 2.90 bits per heavy atom. The van der Waals surface area contributed by atoms with E-state index < -0.39 is 0 Å². The molecule has 3 heteroatoms. The zero-order valence-electron chi connectivity index (χ0n) is 12.8. The molecular formula is C17H26FNO. The second kappa shape index (κ2) is 6.57. The van der Waals surface area contributed by atoms with Gasteiger partial charge in [-0.25, -0.2) is 4.39 Å². The van der Waals surface area contributed by atoms with Crippen LogP contribution in [0.25, 0.3) is 0 Å². The third-order valence-corrected chi connectivity index (χ3v) is 4.14. The fourth-order valence-electron chi connectivity index (χ4n) is 3.25. The molecule has 0 radical (unpaired) electrons. The Hall–Kier alpha value is -1.09. The number of halogens is 1. The summed E-state index contributed by atoms with van der Waals surface area (Å²) in [5, 5.41) is 3.46. The number of nitrogens with one attached hydrogen (secondary N) is 1. The minimum absolute atomic E-state index is 0.169. The van der Waals surface area contributed by atoms with Gasteiger partial charge < -0.3 is 10.1 Å². The lowest BCUT2D eigenvalue weighted by molar-refractivity contribution is 0.135. The molecule has 0 aromatic heterocycles. The van der Waals surface area contributed by atoms with Gasteiger partial charge >= 0.3 is 0 Å². The van der Waals surface area contributed by atoms with Crippen molar-refractivity contribution in [3.05, 3.63) is 29.6 Å². The number of ether oxygens (including phenoxy) is 1. The van der Waals surface area contributed by atoms with Crippen molar-refractivity contribution in [2.75, 3.05) is 13.1 Å². The molecule has 0 amide bonds. The molecule has 2 atom stereocenters. The van der Waals surface area contributed by atoms with Crippen LogP contribution in [0, 0.1) is 11.2 Å². The van der Waals surface area contributed by atoms with E-state index in [4.69, 9.17) is 4.74 Å². The zero-order valence-corrected chi connectivity index (χ0v) is 12.8. The standard InChI is InChI=1S/C17H26FNO/c1-4-8-17(3,12-19-5-2)11-15-10-13-9-14(18)6-7-16(13)20-15/h6-7,9,15,19H,4-5,8,10-12H2,1-3H3. The maximum Gasteiger partial charge on any atom is 0.123 e. The van der Waals surface area contributed by atoms with Crippen LogP contribution < -0.4 is 10.1 Å². The van der Waals surface area contributed by atoms with Crippen LogP contribution in [0.4, 0.5) is 4.39 Å². The Morgan fingerprint density at radius 2 is 2.20 bits per heavy atom. The third kappa shape index (κ3) is 3.72. The van der Waals surface area contributed by atoms with E-state index in [1.165, 1.54) is 18.9 Å². The molecule has 1 aliphatic heterocycles. The van der Waals surface area contributed by atoms with Crippen LogP contribution in [0.15, 0.2) is 18.2 Å². The van der Waals surface area contributed by atoms with E-state index >= 15 is 0 Å². The molecule has 0 fully saturated rings. The van der Waals surface area contributed by atoms with Gasteiger partial charge in [0.15, 0.2) is 0 Å². The number of fused-ring (bicyclic) bond motifs is 1. The average molecular weight is 279 g/mol. The second-order valence-corrected chi connectivity index (χ2v) is 6.24. The van der Waals surface area contributed by atoms with Crippen LogP contribution in [-0.4, -0.2) is 19.2 Å². The minimum atomic E-state index is -0.169. The Morgan fingerprint density at radius 1 is 1.40 bits per heavy atom. The van der Waals surface area contributed by atoms with Crippen molar-refractivity contribution < 1.29 is 9.13 Å². The number of hydrogen-bond donors (Lipinski definition) is 1. The summed E-state index contributed by atoms with van der Waals surface area (Å²) in [5.74, 6) is 0.690. The molecule has 20 heavy (non-hydrogen) atoms. The van der Waals surface area contributed by atoms with E-state index in [1.807, 2.05) is 0 Å². The normalized spacial score (nSPS) is 20.3. The monoisotopic (exact) mass is 279 g/mol. The SMILES string of the molecule is CCCC(C)(CNCC)CC1Cc2cc(F)ccc2O1. The summed E-state index contributed by atoms with van der Waals surface area (Å²) in [6.07, 6.45) is 4.39. The van der Waals surface area contributed by atoms with Gasteiger partial charge in [0.1, 0.15) is 17.7 Å². The van der Waals surface area contributed by atoms with E-state index in [0.29, 0.717) is 0 Å². The molecule has 1 N–H and O–H groups in total. The van der Waals surface area contributed by atoms with Crippen molar-refractivity contribution in [2.45, 2.75) is 52.6 Å². The average Bonchev–Trinajstić information content (AvgIpc) is 2.77. The van der Waals surface area contributed by atoms with Gasteiger partial charge in [0, 0.05) is 18.5 Å². The predicted molar refractivity (Wildman–Crippen MR) is 80.7 cm³/mol. The lowest BCUT2D eigenvalue weighted by atomic mass is 9.79. The smallest absolute Gasteiger partial charge is 0.123 e. The van der Waals surface area contributed by atoms with Gasteiger partial charge in [0.2, 0.25) is 0 Å². The zero-order chi connectivity index (χ0) is 14.6. The lowest BCUT2D eigenvalue weighted by Crippen LogP contribution is -2.36. The van der Waals surface area contributed by atoms with Crippen molar-refractivity contribution in [3.8, 4) is 5.75 Å². The number of rotatable bonds is 7. The molecule has 0 aliphatic carbocycles. The molecule has 1 aromatic rings. The first kappa shape index (κ1) is 15.3. The predicted octanol–water partition coefficient (Wildman–Crippen LogP) is 3.94. The molecule has 0 spiro atoms. The summed E-state index contributed by atoms with van der Waals surface area (Å²) >= 11 is 0. The molecule has 2 nitrogen and oxygen atoms in total. The van der Waals surface area contributed by atoms with E-state index in [2.05, 4.69) is 26.1 Å². The first-order chi connectivity index (χ1) is 9.56. The maximum atomic E-state index is 13.2. The molecule has 2 unspecified atom stereocenters. The van der Waals surface area contributed by atoms with Crippen molar-refractivity contribution in [1.82, 2.24) is 5.32 Å². The van der Waals surface area contributed by atoms with Gasteiger partial charge in [0.25, 0.3) is 0 Å². The van der Waals surface area contributed by atoms with Gasteiger partial charge in [-0.15, -0.1) is 0 Å². The largest absolute Gasteiger partial charge is 0.490 e. The Labute approximate surface area is 121 Å². The summed E-state index contributed by atoms with van der Waals surface area (Å²) in [4.78, 5) is 0. The molecule has 1 aliphatic rings. The fraction of sp³-hybridized carbons (Fsp3) is 0.647.